The molecule has 0 saturated carbocycles. The number of unbranched alkanes of at least 4 members (excludes halogenated alkanes) is 10. The zero-order valence-electron chi connectivity index (χ0n) is 37.1. The highest BCUT2D eigenvalue weighted by Crippen LogP contribution is 2.07. The van der Waals surface area contributed by atoms with Gasteiger partial charge in [0.15, 0.2) is 0 Å². The molecule has 0 fully saturated rings. The van der Waals surface area contributed by atoms with E-state index in [1.165, 1.54) is 99.3 Å². The maximum atomic E-state index is 3.69. The van der Waals surface area contributed by atoms with Gasteiger partial charge in [-0.25, -0.2) is 0 Å². The van der Waals surface area contributed by atoms with Crippen molar-refractivity contribution in [2.75, 3.05) is 0 Å². The van der Waals surface area contributed by atoms with Crippen molar-refractivity contribution in [3.63, 3.8) is 0 Å². The predicted molar refractivity (Wildman–Crippen MR) is 266 cm³/mol. The lowest BCUT2D eigenvalue weighted by atomic mass is 10.1. The monoisotopic (exact) mass is 763 g/mol. The molecule has 0 unspecified atom stereocenters. The molecule has 0 aliphatic heterocycles. The van der Waals surface area contributed by atoms with Gasteiger partial charge in [-0.3, -0.25) is 0 Å². The Kier molecular flexibility index (Phi) is 55.9. The number of hydrogen-bond acceptors (Lipinski definition) is 0. The van der Waals surface area contributed by atoms with Gasteiger partial charge in [0, 0.05) is 0 Å². The fraction of sp³-hybridized carbons (Fsp3) is 0.464. The van der Waals surface area contributed by atoms with Gasteiger partial charge < -0.3 is 0 Å². The number of rotatable bonds is 15. The molecule has 2 aromatic rings. The Bertz CT molecular complexity index is 1080. The maximum absolute atomic E-state index is 3.69. The van der Waals surface area contributed by atoms with E-state index >= 15 is 0 Å². The second-order valence-corrected chi connectivity index (χ2v) is 13.4. The summed E-state index contributed by atoms with van der Waals surface area (Å²) in [5, 5.41) is 0. The first kappa shape index (κ1) is 58.8. The molecule has 3 aliphatic rings. The van der Waals surface area contributed by atoms with Crippen LogP contribution in [0.2, 0.25) is 0 Å². The molecule has 0 N–H and O–H groups in total. The molecular weight excluding hydrogens is 673 g/mol. The van der Waals surface area contributed by atoms with Crippen LogP contribution < -0.4 is 0 Å². The second-order valence-electron chi connectivity index (χ2n) is 13.4. The van der Waals surface area contributed by atoms with Gasteiger partial charge in [0.25, 0.3) is 0 Å². The zero-order chi connectivity index (χ0) is 41.3. The van der Waals surface area contributed by atoms with Crippen LogP contribution in [0.25, 0.3) is 12.2 Å². The summed E-state index contributed by atoms with van der Waals surface area (Å²) in [5.41, 5.74) is 5.14. The molecule has 314 valence electrons. The summed E-state index contributed by atoms with van der Waals surface area (Å²) < 4.78 is 0. The molecule has 0 aromatic heterocycles. The SMILES string of the molecule is C.C1=CCC=C1.C1=CCC=C1.C1=CCC=C1.C=CCC.C=Cc1ccc(CC)cc1.C=Cc1ccc(CC)cc1.CCCCCCCC.CCCCCCCC. The molecule has 2 aromatic carbocycles. The minimum atomic E-state index is 0. The molecule has 0 spiro atoms. The van der Waals surface area contributed by atoms with Crippen molar-refractivity contribution < 1.29 is 0 Å². The molecular formula is C56H90. The number of benzene rings is 2. The molecule has 0 bridgehead atoms. The van der Waals surface area contributed by atoms with E-state index in [0.29, 0.717) is 0 Å². The molecule has 0 atom stereocenters. The van der Waals surface area contributed by atoms with Crippen molar-refractivity contribution in [1.82, 2.24) is 0 Å². The van der Waals surface area contributed by atoms with Gasteiger partial charge in [-0.1, -0.05) is 286 Å². The third kappa shape index (κ3) is 48.1. The van der Waals surface area contributed by atoms with E-state index in [1.54, 1.807) is 0 Å². The van der Waals surface area contributed by atoms with E-state index in [9.17, 15) is 0 Å². The zero-order valence-corrected chi connectivity index (χ0v) is 37.1. The van der Waals surface area contributed by atoms with E-state index in [0.717, 1.165) is 38.5 Å². The molecule has 56 heavy (non-hydrogen) atoms. The summed E-state index contributed by atoms with van der Waals surface area (Å²) in [6, 6.07) is 16.9. The fourth-order valence-corrected chi connectivity index (χ4v) is 4.66. The minimum absolute atomic E-state index is 0. The van der Waals surface area contributed by atoms with Crippen molar-refractivity contribution in [1.29, 1.82) is 0 Å². The van der Waals surface area contributed by atoms with Gasteiger partial charge in [0.1, 0.15) is 0 Å². The molecule has 0 amide bonds. The van der Waals surface area contributed by atoms with Crippen LogP contribution in [0.15, 0.2) is 147 Å². The lowest BCUT2D eigenvalue weighted by Crippen LogP contribution is -1.78. The topological polar surface area (TPSA) is 0 Å². The molecule has 0 heteroatoms. The Labute approximate surface area is 351 Å². The average molecular weight is 763 g/mol. The molecule has 3 aliphatic carbocycles. The number of aryl methyl sites for hydroxylation is 2. The van der Waals surface area contributed by atoms with E-state index in [1.807, 2.05) is 18.2 Å². The van der Waals surface area contributed by atoms with Gasteiger partial charge in [-0.05, 0) is 60.8 Å². The van der Waals surface area contributed by atoms with Crippen LogP contribution in [0.5, 0.6) is 0 Å². The van der Waals surface area contributed by atoms with Gasteiger partial charge in [-0.2, -0.15) is 0 Å². The van der Waals surface area contributed by atoms with Gasteiger partial charge >= 0.3 is 0 Å². The first-order chi connectivity index (χ1) is 27.0. The second kappa shape index (κ2) is 53.2. The van der Waals surface area contributed by atoms with Crippen LogP contribution in [-0.2, 0) is 12.8 Å². The average Bonchev–Trinajstić information content (AvgIpc) is 4.11. The largest absolute Gasteiger partial charge is 0.103 e. The lowest BCUT2D eigenvalue weighted by Gasteiger charge is -1.95. The van der Waals surface area contributed by atoms with Gasteiger partial charge in [-0.15, -0.1) is 6.58 Å². The summed E-state index contributed by atoms with van der Waals surface area (Å²) in [5.74, 6) is 0. The van der Waals surface area contributed by atoms with Gasteiger partial charge in [0.05, 0.1) is 0 Å². The van der Waals surface area contributed by atoms with E-state index in [2.05, 4.69) is 190 Å². The summed E-state index contributed by atoms with van der Waals surface area (Å²) in [6.45, 7) is 26.2. The quantitative estimate of drug-likeness (QED) is 0.125. The molecule has 5 rings (SSSR count). The van der Waals surface area contributed by atoms with Crippen molar-refractivity contribution in [3.8, 4) is 0 Å². The highest BCUT2D eigenvalue weighted by Gasteiger charge is 1.88. The van der Waals surface area contributed by atoms with Crippen LogP contribution in [0.1, 0.15) is 181 Å². The lowest BCUT2D eigenvalue weighted by molar-refractivity contribution is 0.624. The first-order valence-corrected chi connectivity index (χ1v) is 22.0. The highest BCUT2D eigenvalue weighted by atomic mass is 13.9. The summed E-state index contributed by atoms with van der Waals surface area (Å²) >= 11 is 0. The Balaban J connectivity index is -0.000000280. The number of hydrogen-bond donors (Lipinski definition) is 0. The number of allylic oxidation sites excluding steroid dienone is 13. The first-order valence-electron chi connectivity index (χ1n) is 22.0. The van der Waals surface area contributed by atoms with Crippen LogP contribution in [0.4, 0.5) is 0 Å². The fourth-order valence-electron chi connectivity index (χ4n) is 4.66. The normalized spacial score (nSPS) is 11.3. The Hall–Kier alpha value is -3.90. The Morgan fingerprint density at radius 2 is 0.625 bits per heavy atom. The van der Waals surface area contributed by atoms with Crippen LogP contribution >= 0.6 is 0 Å². The molecule has 0 nitrogen and oxygen atoms in total. The Morgan fingerprint density at radius 1 is 0.393 bits per heavy atom. The van der Waals surface area contributed by atoms with Crippen molar-refractivity contribution in [2.24, 2.45) is 0 Å². The third-order valence-electron chi connectivity index (χ3n) is 8.42. The third-order valence-corrected chi connectivity index (χ3v) is 8.42. The summed E-state index contributed by atoms with van der Waals surface area (Å²) in [4.78, 5) is 0. The molecule has 0 radical (unpaired) electrons. The van der Waals surface area contributed by atoms with E-state index in [-0.39, 0.29) is 7.43 Å². The minimum Gasteiger partial charge on any atom is -0.103 e. The summed E-state index contributed by atoms with van der Waals surface area (Å²) in [7, 11) is 0. The standard InChI is InChI=1S/2C10H12.2C8H18.3C5H6.C4H8.CH4/c2*1-3-9-5-7-10(4-2)8-6-9;2*1-3-5-7-8-6-4-2;3*1-2-4-5-3-1;1-3-4-2;/h2*3,5-8H,1,4H2,2H3;2*3-8H2,1-2H3;3*1-4H,5H2;3H,1,4H2,2H3;1H4. The molecule has 0 heterocycles. The van der Waals surface area contributed by atoms with Crippen molar-refractivity contribution in [2.45, 2.75) is 171 Å². The maximum Gasteiger partial charge on any atom is -0.0163 e. The van der Waals surface area contributed by atoms with Crippen molar-refractivity contribution >= 4 is 12.2 Å². The van der Waals surface area contributed by atoms with Crippen LogP contribution in [0, 0.1) is 0 Å². The van der Waals surface area contributed by atoms with E-state index < -0.39 is 0 Å². The predicted octanol–water partition coefficient (Wildman–Crippen LogP) is 19.2. The van der Waals surface area contributed by atoms with Crippen LogP contribution in [-0.4, -0.2) is 0 Å². The summed E-state index contributed by atoms with van der Waals surface area (Å²) in [6.07, 6.45) is 54.4. The smallest absolute Gasteiger partial charge is 0.0163 e. The highest BCUT2D eigenvalue weighted by molar-refractivity contribution is 5.47. The van der Waals surface area contributed by atoms with Gasteiger partial charge in [0.2, 0.25) is 0 Å². The molecule has 0 saturated heterocycles. The van der Waals surface area contributed by atoms with Crippen molar-refractivity contribution in [3.05, 3.63) is 170 Å². The van der Waals surface area contributed by atoms with E-state index in [4.69, 9.17) is 0 Å². The van der Waals surface area contributed by atoms with Crippen LogP contribution in [0.3, 0.4) is 0 Å². The Morgan fingerprint density at radius 3 is 0.750 bits per heavy atom.